The molecule has 0 radical (unpaired) electrons. The van der Waals surface area contributed by atoms with Gasteiger partial charge in [0.1, 0.15) is 3.70 Å². The summed E-state index contributed by atoms with van der Waals surface area (Å²) in [6.45, 7) is 8.06. The number of nitrogens with zero attached hydrogens (tertiary/aromatic N) is 2. The van der Waals surface area contributed by atoms with Gasteiger partial charge >= 0.3 is 0 Å². The summed E-state index contributed by atoms with van der Waals surface area (Å²) in [4.78, 5) is 6.78. The first-order valence-corrected chi connectivity index (χ1v) is 6.59. The highest BCUT2D eigenvalue weighted by molar-refractivity contribution is 14.1. The van der Waals surface area contributed by atoms with Crippen LogP contribution in [0.2, 0.25) is 0 Å². The highest BCUT2D eigenvalue weighted by Gasteiger charge is 2.30. The molecule has 0 saturated carbocycles. The lowest BCUT2D eigenvalue weighted by molar-refractivity contribution is -0.0553. The van der Waals surface area contributed by atoms with Crippen molar-refractivity contribution < 1.29 is 4.74 Å². The Bertz CT molecular complexity index is 351. The second kappa shape index (κ2) is 4.98. The van der Waals surface area contributed by atoms with Crippen LogP contribution in [0.3, 0.4) is 0 Å². The standard InChI is InChI=1S/C12H17IN2O/c1-12(2)9-16-6-5-15(12)8-10-3-4-11(13)14-7-10/h3-4,7H,5-6,8-9H2,1-2H3. The Balaban J connectivity index is 2.05. The van der Waals surface area contributed by atoms with Crippen LogP contribution < -0.4 is 0 Å². The molecule has 0 bridgehead atoms. The molecule has 1 aliphatic rings. The van der Waals surface area contributed by atoms with E-state index in [4.69, 9.17) is 4.74 Å². The third kappa shape index (κ3) is 2.93. The molecule has 1 aliphatic heterocycles. The third-order valence-electron chi connectivity index (χ3n) is 2.98. The molecule has 1 aromatic rings. The van der Waals surface area contributed by atoms with Crippen molar-refractivity contribution in [2.75, 3.05) is 19.8 Å². The van der Waals surface area contributed by atoms with Crippen molar-refractivity contribution in [3.05, 3.63) is 27.6 Å². The summed E-state index contributed by atoms with van der Waals surface area (Å²) in [5, 5.41) is 0. The molecule has 88 valence electrons. The van der Waals surface area contributed by atoms with E-state index in [1.165, 1.54) is 5.56 Å². The maximum Gasteiger partial charge on any atom is 0.101 e. The zero-order valence-corrected chi connectivity index (χ0v) is 11.9. The summed E-state index contributed by atoms with van der Waals surface area (Å²) >= 11 is 2.23. The normalized spacial score (nSPS) is 20.9. The quantitative estimate of drug-likeness (QED) is 0.614. The van der Waals surface area contributed by atoms with Gasteiger partial charge in [0.2, 0.25) is 0 Å². The van der Waals surface area contributed by atoms with Crippen molar-refractivity contribution in [3.8, 4) is 0 Å². The Morgan fingerprint density at radius 1 is 1.50 bits per heavy atom. The summed E-state index contributed by atoms with van der Waals surface area (Å²) in [5.41, 5.74) is 1.40. The smallest absolute Gasteiger partial charge is 0.101 e. The number of ether oxygens (including phenoxy) is 1. The van der Waals surface area contributed by atoms with Gasteiger partial charge in [0, 0.05) is 24.8 Å². The van der Waals surface area contributed by atoms with Crippen LogP contribution in [0.25, 0.3) is 0 Å². The lowest BCUT2D eigenvalue weighted by Crippen LogP contribution is -2.52. The number of halogens is 1. The predicted molar refractivity (Wildman–Crippen MR) is 72.3 cm³/mol. The summed E-state index contributed by atoms with van der Waals surface area (Å²) in [6, 6.07) is 4.21. The molecule has 0 amide bonds. The first kappa shape index (κ1) is 12.3. The van der Waals surface area contributed by atoms with Crippen molar-refractivity contribution in [1.29, 1.82) is 0 Å². The Labute approximate surface area is 110 Å². The predicted octanol–water partition coefficient (Wildman–Crippen LogP) is 2.30. The molecule has 1 saturated heterocycles. The number of morpholine rings is 1. The second-order valence-corrected chi connectivity index (χ2v) is 5.88. The minimum absolute atomic E-state index is 0.126. The molecule has 16 heavy (non-hydrogen) atoms. The van der Waals surface area contributed by atoms with E-state index in [2.05, 4.69) is 58.5 Å². The van der Waals surface area contributed by atoms with Crippen molar-refractivity contribution in [2.24, 2.45) is 0 Å². The van der Waals surface area contributed by atoms with E-state index in [9.17, 15) is 0 Å². The van der Waals surface area contributed by atoms with Crippen LogP contribution in [0.4, 0.5) is 0 Å². The minimum atomic E-state index is 0.126. The average molecular weight is 332 g/mol. The topological polar surface area (TPSA) is 25.4 Å². The summed E-state index contributed by atoms with van der Waals surface area (Å²) in [7, 11) is 0. The number of aromatic nitrogens is 1. The molecule has 0 aliphatic carbocycles. The van der Waals surface area contributed by atoms with Gasteiger partial charge in [0.15, 0.2) is 0 Å². The Kier molecular flexibility index (Phi) is 3.81. The monoisotopic (exact) mass is 332 g/mol. The molecular weight excluding hydrogens is 315 g/mol. The zero-order valence-electron chi connectivity index (χ0n) is 9.74. The van der Waals surface area contributed by atoms with Gasteiger partial charge in [-0.25, -0.2) is 0 Å². The van der Waals surface area contributed by atoms with Crippen molar-refractivity contribution >= 4 is 22.6 Å². The highest BCUT2D eigenvalue weighted by Crippen LogP contribution is 2.21. The minimum Gasteiger partial charge on any atom is -0.378 e. The Hall–Kier alpha value is -0.200. The van der Waals surface area contributed by atoms with Crippen LogP contribution in [0.5, 0.6) is 0 Å². The fraction of sp³-hybridized carbons (Fsp3) is 0.583. The van der Waals surface area contributed by atoms with Crippen LogP contribution >= 0.6 is 22.6 Å². The number of hydrogen-bond acceptors (Lipinski definition) is 3. The zero-order chi connectivity index (χ0) is 11.6. The summed E-state index contributed by atoms with van der Waals surface area (Å²) in [5.74, 6) is 0. The van der Waals surface area contributed by atoms with Gasteiger partial charge in [-0.05, 0) is 48.1 Å². The number of hydrogen-bond donors (Lipinski definition) is 0. The summed E-state index contributed by atoms with van der Waals surface area (Å²) in [6.07, 6.45) is 1.97. The molecule has 0 unspecified atom stereocenters. The molecule has 2 rings (SSSR count). The average Bonchev–Trinajstić information content (AvgIpc) is 2.24. The SMILES string of the molecule is CC1(C)COCCN1Cc1ccc(I)nc1. The second-order valence-electron chi connectivity index (χ2n) is 4.78. The van der Waals surface area contributed by atoms with E-state index in [1.54, 1.807) is 0 Å². The highest BCUT2D eigenvalue weighted by atomic mass is 127. The van der Waals surface area contributed by atoms with Crippen LogP contribution in [-0.4, -0.2) is 35.2 Å². The molecule has 0 spiro atoms. The largest absolute Gasteiger partial charge is 0.378 e. The van der Waals surface area contributed by atoms with Gasteiger partial charge in [-0.1, -0.05) is 6.07 Å². The van der Waals surface area contributed by atoms with E-state index in [-0.39, 0.29) is 5.54 Å². The molecule has 0 N–H and O–H groups in total. The van der Waals surface area contributed by atoms with Crippen molar-refractivity contribution in [1.82, 2.24) is 9.88 Å². The maximum absolute atomic E-state index is 5.51. The number of rotatable bonds is 2. The van der Waals surface area contributed by atoms with E-state index in [0.29, 0.717) is 0 Å². The molecule has 1 fully saturated rings. The van der Waals surface area contributed by atoms with Gasteiger partial charge in [-0.15, -0.1) is 0 Å². The van der Waals surface area contributed by atoms with Crippen molar-refractivity contribution in [3.63, 3.8) is 0 Å². The van der Waals surface area contributed by atoms with Crippen molar-refractivity contribution in [2.45, 2.75) is 25.9 Å². The van der Waals surface area contributed by atoms with Crippen LogP contribution in [-0.2, 0) is 11.3 Å². The molecule has 0 atom stereocenters. The lowest BCUT2D eigenvalue weighted by atomic mass is 10.0. The third-order valence-corrected chi connectivity index (χ3v) is 3.62. The van der Waals surface area contributed by atoms with E-state index < -0.39 is 0 Å². The molecule has 3 nitrogen and oxygen atoms in total. The molecule has 2 heterocycles. The van der Waals surface area contributed by atoms with Crippen LogP contribution in [0.15, 0.2) is 18.3 Å². The van der Waals surface area contributed by atoms with Gasteiger partial charge in [-0.3, -0.25) is 9.88 Å². The maximum atomic E-state index is 5.51. The fourth-order valence-corrected chi connectivity index (χ4v) is 2.22. The molecule has 0 aromatic carbocycles. The number of pyridine rings is 1. The van der Waals surface area contributed by atoms with Gasteiger partial charge in [0.05, 0.1) is 13.2 Å². The van der Waals surface area contributed by atoms with E-state index >= 15 is 0 Å². The first-order valence-electron chi connectivity index (χ1n) is 5.51. The molecule has 1 aromatic heterocycles. The first-order chi connectivity index (χ1) is 7.58. The Morgan fingerprint density at radius 3 is 2.94 bits per heavy atom. The molecular formula is C12H17IN2O. The fourth-order valence-electron chi connectivity index (χ4n) is 1.90. The van der Waals surface area contributed by atoms with E-state index in [1.807, 2.05) is 6.20 Å². The molecule has 4 heteroatoms. The van der Waals surface area contributed by atoms with E-state index in [0.717, 1.165) is 30.0 Å². The van der Waals surface area contributed by atoms with Gasteiger partial charge in [-0.2, -0.15) is 0 Å². The lowest BCUT2D eigenvalue weighted by Gasteiger charge is -2.42. The van der Waals surface area contributed by atoms with Crippen LogP contribution in [0, 0.1) is 3.70 Å². The Morgan fingerprint density at radius 2 is 2.31 bits per heavy atom. The van der Waals surface area contributed by atoms with Gasteiger partial charge in [0.25, 0.3) is 0 Å². The van der Waals surface area contributed by atoms with Gasteiger partial charge < -0.3 is 4.74 Å². The van der Waals surface area contributed by atoms with Crippen LogP contribution in [0.1, 0.15) is 19.4 Å². The summed E-state index contributed by atoms with van der Waals surface area (Å²) < 4.78 is 6.56.